The van der Waals surface area contributed by atoms with E-state index >= 15 is 0 Å². The molecule has 1 aliphatic heterocycles. The molecule has 0 saturated heterocycles. The molecule has 1 atom stereocenters. The fourth-order valence-corrected chi connectivity index (χ4v) is 3.23. The molecule has 1 unspecified atom stereocenters. The predicted octanol–water partition coefficient (Wildman–Crippen LogP) is 3.10. The predicted molar refractivity (Wildman–Crippen MR) is 111 cm³/mol. The van der Waals surface area contributed by atoms with Crippen LogP contribution in [0.2, 0.25) is 0 Å². The van der Waals surface area contributed by atoms with Gasteiger partial charge in [-0.15, -0.1) is 0 Å². The zero-order chi connectivity index (χ0) is 19.6. The van der Waals surface area contributed by atoms with Gasteiger partial charge in [-0.05, 0) is 61.4 Å². The van der Waals surface area contributed by atoms with Gasteiger partial charge >= 0.3 is 0 Å². The van der Waals surface area contributed by atoms with Crippen molar-refractivity contribution in [2.45, 2.75) is 26.3 Å². The van der Waals surface area contributed by atoms with Crippen LogP contribution in [-0.2, 0) is 16.0 Å². The van der Waals surface area contributed by atoms with Crippen LogP contribution in [-0.4, -0.2) is 38.5 Å². The van der Waals surface area contributed by atoms with Gasteiger partial charge < -0.3 is 20.4 Å². The first-order chi connectivity index (χ1) is 12.8. The van der Waals surface area contributed by atoms with Crippen molar-refractivity contribution in [3.8, 4) is 0 Å². The molecule has 0 aliphatic carbocycles. The summed E-state index contributed by atoms with van der Waals surface area (Å²) < 4.78 is 0. The number of nitrogens with one attached hydrogen (secondary N) is 2. The van der Waals surface area contributed by atoms with E-state index in [0.717, 1.165) is 34.7 Å². The highest BCUT2D eigenvalue weighted by atomic mass is 16.2. The van der Waals surface area contributed by atoms with Crippen molar-refractivity contribution in [3.63, 3.8) is 0 Å². The molecule has 2 aromatic carbocycles. The Morgan fingerprint density at radius 1 is 1.07 bits per heavy atom. The van der Waals surface area contributed by atoms with Crippen molar-refractivity contribution in [2.75, 3.05) is 41.1 Å². The largest absolute Gasteiger partial charge is 0.378 e. The number of rotatable bonds is 5. The molecule has 0 bridgehead atoms. The third kappa shape index (κ3) is 4.22. The highest BCUT2D eigenvalue weighted by molar-refractivity contribution is 5.97. The van der Waals surface area contributed by atoms with E-state index in [4.69, 9.17) is 0 Å². The summed E-state index contributed by atoms with van der Waals surface area (Å²) in [6.45, 7) is 4.13. The SMILES string of the molecule is CC(=O)N1CCc2cc(NC(C)C(=O)Nc3ccc(N(C)C)cc3)ccc21. The van der Waals surface area contributed by atoms with Crippen LogP contribution in [0.3, 0.4) is 0 Å². The molecule has 0 saturated carbocycles. The molecule has 142 valence electrons. The Morgan fingerprint density at radius 3 is 2.37 bits per heavy atom. The van der Waals surface area contributed by atoms with E-state index in [0.29, 0.717) is 6.54 Å². The Hall–Kier alpha value is -3.02. The maximum absolute atomic E-state index is 12.5. The minimum atomic E-state index is -0.387. The van der Waals surface area contributed by atoms with Gasteiger partial charge in [0.15, 0.2) is 0 Å². The molecular formula is C21H26N4O2. The number of carbonyl (C=O) groups is 2. The minimum Gasteiger partial charge on any atom is -0.378 e. The molecule has 0 aromatic heterocycles. The molecule has 6 nitrogen and oxygen atoms in total. The molecule has 2 amide bonds. The zero-order valence-corrected chi connectivity index (χ0v) is 16.2. The summed E-state index contributed by atoms with van der Waals surface area (Å²) in [5.74, 6) is -0.0408. The smallest absolute Gasteiger partial charge is 0.246 e. The van der Waals surface area contributed by atoms with Crippen molar-refractivity contribution in [2.24, 2.45) is 0 Å². The summed E-state index contributed by atoms with van der Waals surface area (Å²) in [6, 6.07) is 13.2. The van der Waals surface area contributed by atoms with Gasteiger partial charge in [-0.25, -0.2) is 0 Å². The highest BCUT2D eigenvalue weighted by Crippen LogP contribution is 2.30. The van der Waals surface area contributed by atoms with Crippen LogP contribution in [0.4, 0.5) is 22.7 Å². The topological polar surface area (TPSA) is 64.7 Å². The quantitative estimate of drug-likeness (QED) is 0.853. The van der Waals surface area contributed by atoms with Gasteiger partial charge in [-0.2, -0.15) is 0 Å². The van der Waals surface area contributed by atoms with Crippen LogP contribution >= 0.6 is 0 Å². The molecule has 2 N–H and O–H groups in total. The first-order valence-corrected chi connectivity index (χ1v) is 9.11. The summed E-state index contributed by atoms with van der Waals surface area (Å²) >= 11 is 0. The zero-order valence-electron chi connectivity index (χ0n) is 16.2. The summed E-state index contributed by atoms with van der Waals surface area (Å²) in [5, 5.41) is 6.17. The van der Waals surface area contributed by atoms with E-state index in [1.165, 1.54) is 0 Å². The van der Waals surface area contributed by atoms with Gasteiger partial charge in [-0.1, -0.05) is 0 Å². The summed E-state index contributed by atoms with van der Waals surface area (Å²) in [4.78, 5) is 27.9. The fourth-order valence-electron chi connectivity index (χ4n) is 3.23. The van der Waals surface area contributed by atoms with Gasteiger partial charge in [0.25, 0.3) is 0 Å². The van der Waals surface area contributed by atoms with Gasteiger partial charge in [0.1, 0.15) is 6.04 Å². The molecule has 0 fully saturated rings. The van der Waals surface area contributed by atoms with Crippen LogP contribution in [0.15, 0.2) is 42.5 Å². The van der Waals surface area contributed by atoms with E-state index in [9.17, 15) is 9.59 Å². The lowest BCUT2D eigenvalue weighted by molar-refractivity contribution is -0.117. The van der Waals surface area contributed by atoms with E-state index in [2.05, 4.69) is 10.6 Å². The van der Waals surface area contributed by atoms with Crippen LogP contribution < -0.4 is 20.4 Å². The van der Waals surface area contributed by atoms with Crippen LogP contribution in [0.5, 0.6) is 0 Å². The second-order valence-corrected chi connectivity index (χ2v) is 7.06. The number of amides is 2. The number of carbonyl (C=O) groups excluding carboxylic acids is 2. The second-order valence-electron chi connectivity index (χ2n) is 7.06. The molecule has 3 rings (SSSR count). The Balaban J connectivity index is 1.62. The Labute approximate surface area is 160 Å². The summed E-state index contributed by atoms with van der Waals surface area (Å²) in [5.41, 5.74) is 4.82. The van der Waals surface area contributed by atoms with E-state index in [1.54, 1.807) is 11.8 Å². The van der Waals surface area contributed by atoms with Crippen molar-refractivity contribution < 1.29 is 9.59 Å². The third-order valence-electron chi connectivity index (χ3n) is 4.78. The molecule has 2 aromatic rings. The number of hydrogen-bond acceptors (Lipinski definition) is 4. The van der Waals surface area contributed by atoms with Crippen molar-refractivity contribution in [1.82, 2.24) is 0 Å². The van der Waals surface area contributed by atoms with Crippen molar-refractivity contribution >= 4 is 34.6 Å². The number of fused-ring (bicyclic) bond motifs is 1. The van der Waals surface area contributed by atoms with Gasteiger partial charge in [0.05, 0.1) is 0 Å². The molecular weight excluding hydrogens is 340 g/mol. The Morgan fingerprint density at radius 2 is 1.74 bits per heavy atom. The maximum Gasteiger partial charge on any atom is 0.246 e. The first-order valence-electron chi connectivity index (χ1n) is 9.11. The van der Waals surface area contributed by atoms with E-state index < -0.39 is 0 Å². The maximum atomic E-state index is 12.5. The number of hydrogen-bond donors (Lipinski definition) is 2. The molecule has 0 spiro atoms. The average molecular weight is 366 g/mol. The summed E-state index contributed by atoms with van der Waals surface area (Å²) in [7, 11) is 3.96. The van der Waals surface area contributed by atoms with Crippen LogP contribution in [0, 0.1) is 0 Å². The molecule has 6 heteroatoms. The van der Waals surface area contributed by atoms with E-state index in [-0.39, 0.29) is 17.9 Å². The lowest BCUT2D eigenvalue weighted by atomic mass is 10.1. The Bertz CT molecular complexity index is 846. The molecule has 0 radical (unpaired) electrons. The minimum absolute atomic E-state index is 0.0579. The van der Waals surface area contributed by atoms with Crippen molar-refractivity contribution in [3.05, 3.63) is 48.0 Å². The monoisotopic (exact) mass is 366 g/mol. The molecule has 27 heavy (non-hydrogen) atoms. The standard InChI is InChI=1S/C21H26N4O2/c1-14(21(27)23-17-5-8-19(9-6-17)24(3)4)22-18-7-10-20-16(13-18)11-12-25(20)15(2)26/h5-10,13-14,22H,11-12H2,1-4H3,(H,23,27). The van der Waals surface area contributed by atoms with Crippen LogP contribution in [0.1, 0.15) is 19.4 Å². The second kappa shape index (κ2) is 7.70. The fraction of sp³-hybridized carbons (Fsp3) is 0.333. The van der Waals surface area contributed by atoms with Gasteiger partial charge in [0.2, 0.25) is 11.8 Å². The number of anilines is 4. The highest BCUT2D eigenvalue weighted by Gasteiger charge is 2.22. The first kappa shape index (κ1) is 18.8. The van der Waals surface area contributed by atoms with E-state index in [1.807, 2.05) is 68.4 Å². The van der Waals surface area contributed by atoms with Crippen molar-refractivity contribution in [1.29, 1.82) is 0 Å². The lowest BCUT2D eigenvalue weighted by Crippen LogP contribution is -2.31. The summed E-state index contributed by atoms with van der Waals surface area (Å²) in [6.07, 6.45) is 0.837. The number of nitrogens with zero attached hydrogens (tertiary/aromatic N) is 2. The van der Waals surface area contributed by atoms with Crippen LogP contribution in [0.25, 0.3) is 0 Å². The molecule has 1 aliphatic rings. The van der Waals surface area contributed by atoms with Gasteiger partial charge in [0, 0.05) is 50.3 Å². The number of benzene rings is 2. The lowest BCUT2D eigenvalue weighted by Gasteiger charge is -2.18. The van der Waals surface area contributed by atoms with Gasteiger partial charge in [-0.3, -0.25) is 9.59 Å². The normalized spacial score (nSPS) is 13.7. The average Bonchev–Trinajstić information content (AvgIpc) is 3.05. The molecule has 1 heterocycles. The Kier molecular flexibility index (Phi) is 5.35. The third-order valence-corrected chi connectivity index (χ3v) is 4.78.